The molecule has 0 saturated heterocycles. The number of aromatic amines is 1. The second-order valence-electron chi connectivity index (χ2n) is 4.08. The molecule has 0 radical (unpaired) electrons. The number of para-hydroxylation sites is 1. The fourth-order valence-electron chi connectivity index (χ4n) is 2.10. The first kappa shape index (κ1) is 10.9. The number of ketones is 1. The van der Waals surface area contributed by atoms with Crippen molar-refractivity contribution < 1.29 is 4.79 Å². The Bertz CT molecular complexity index is 540. The Kier molecular flexibility index (Phi) is 2.79. The Balaban J connectivity index is 2.65. The Hall–Kier alpha value is -1.61. The van der Waals surface area contributed by atoms with Crippen molar-refractivity contribution in [2.75, 3.05) is 13.6 Å². The largest absolute Gasteiger partial charge is 0.358 e. The van der Waals surface area contributed by atoms with Crippen LogP contribution in [-0.4, -0.2) is 24.4 Å². The molecule has 16 heavy (non-hydrogen) atoms. The monoisotopic (exact) mass is 216 g/mol. The van der Waals surface area contributed by atoms with Crippen molar-refractivity contribution >= 4 is 16.7 Å². The Morgan fingerprint density at radius 1 is 1.38 bits per heavy atom. The van der Waals surface area contributed by atoms with Gasteiger partial charge in [0.15, 0.2) is 5.78 Å². The van der Waals surface area contributed by atoms with Gasteiger partial charge in [-0.15, -0.1) is 0 Å². The predicted molar refractivity (Wildman–Crippen MR) is 66.0 cm³/mol. The van der Waals surface area contributed by atoms with Gasteiger partial charge in [0.05, 0.1) is 6.54 Å². The summed E-state index contributed by atoms with van der Waals surface area (Å²) in [7, 11) is 1.79. The second kappa shape index (κ2) is 4.10. The van der Waals surface area contributed by atoms with Gasteiger partial charge in [-0.25, -0.2) is 0 Å². The molecule has 84 valence electrons. The lowest BCUT2D eigenvalue weighted by Crippen LogP contribution is -2.18. The van der Waals surface area contributed by atoms with Crippen LogP contribution in [0.5, 0.6) is 0 Å². The molecule has 2 N–H and O–H groups in total. The van der Waals surface area contributed by atoms with Crippen LogP contribution in [0.3, 0.4) is 0 Å². The zero-order valence-electron chi connectivity index (χ0n) is 9.85. The summed E-state index contributed by atoms with van der Waals surface area (Å²) in [5, 5.41) is 3.92. The van der Waals surface area contributed by atoms with Crippen molar-refractivity contribution in [1.29, 1.82) is 0 Å². The van der Waals surface area contributed by atoms with E-state index >= 15 is 0 Å². The molecular weight excluding hydrogens is 200 g/mol. The molecule has 0 aliphatic rings. The Morgan fingerprint density at radius 3 is 2.81 bits per heavy atom. The molecule has 0 bridgehead atoms. The highest BCUT2D eigenvalue weighted by molar-refractivity contribution is 6.10. The van der Waals surface area contributed by atoms with Crippen molar-refractivity contribution in [2.45, 2.75) is 13.8 Å². The van der Waals surface area contributed by atoms with Crippen LogP contribution in [0.15, 0.2) is 18.2 Å². The maximum Gasteiger partial charge on any atom is 0.179 e. The van der Waals surface area contributed by atoms with Crippen LogP contribution in [0.2, 0.25) is 0 Å². The predicted octanol–water partition coefficient (Wildman–Crippen LogP) is 2.19. The van der Waals surface area contributed by atoms with Gasteiger partial charge in [0.2, 0.25) is 0 Å². The topological polar surface area (TPSA) is 44.9 Å². The Labute approximate surface area is 94.9 Å². The average Bonchev–Trinajstić information content (AvgIpc) is 2.56. The molecule has 1 aromatic carbocycles. The maximum absolute atomic E-state index is 12.0. The normalized spacial score (nSPS) is 10.9. The smallest absolute Gasteiger partial charge is 0.179 e. The van der Waals surface area contributed by atoms with Gasteiger partial charge < -0.3 is 10.3 Å². The van der Waals surface area contributed by atoms with E-state index in [9.17, 15) is 4.79 Å². The summed E-state index contributed by atoms with van der Waals surface area (Å²) in [6, 6.07) is 6.03. The molecule has 0 saturated carbocycles. The molecule has 0 unspecified atom stereocenters. The van der Waals surface area contributed by atoms with Gasteiger partial charge in [0.1, 0.15) is 0 Å². The number of carbonyl (C=O) groups is 1. The molecule has 2 aromatic rings. The minimum Gasteiger partial charge on any atom is -0.358 e. The molecule has 0 fully saturated rings. The lowest BCUT2D eigenvalue weighted by Gasteiger charge is -2.00. The molecule has 1 aromatic heterocycles. The lowest BCUT2D eigenvalue weighted by atomic mass is 10.0. The van der Waals surface area contributed by atoms with Gasteiger partial charge in [-0.05, 0) is 26.5 Å². The minimum atomic E-state index is 0.136. The van der Waals surface area contributed by atoms with E-state index in [-0.39, 0.29) is 5.78 Å². The van der Waals surface area contributed by atoms with Crippen LogP contribution in [0.25, 0.3) is 10.9 Å². The highest BCUT2D eigenvalue weighted by Crippen LogP contribution is 2.24. The average molecular weight is 216 g/mol. The summed E-state index contributed by atoms with van der Waals surface area (Å²) in [6.07, 6.45) is 0. The summed E-state index contributed by atoms with van der Waals surface area (Å²) in [6.45, 7) is 4.37. The van der Waals surface area contributed by atoms with Crippen molar-refractivity contribution in [3.63, 3.8) is 0 Å². The van der Waals surface area contributed by atoms with Crippen LogP contribution >= 0.6 is 0 Å². The van der Waals surface area contributed by atoms with E-state index < -0.39 is 0 Å². The number of benzene rings is 1. The zero-order valence-corrected chi connectivity index (χ0v) is 9.85. The van der Waals surface area contributed by atoms with Crippen LogP contribution in [0.4, 0.5) is 0 Å². The third kappa shape index (κ3) is 1.63. The molecule has 0 aliphatic heterocycles. The summed E-state index contributed by atoms with van der Waals surface area (Å²) >= 11 is 0. The van der Waals surface area contributed by atoms with E-state index in [0.717, 1.165) is 22.2 Å². The van der Waals surface area contributed by atoms with E-state index in [4.69, 9.17) is 0 Å². The molecule has 3 heteroatoms. The van der Waals surface area contributed by atoms with E-state index in [0.29, 0.717) is 6.54 Å². The number of Topliss-reactive ketones (excluding diaryl/α,β-unsaturated/α-hetero) is 1. The molecule has 0 spiro atoms. The molecule has 3 nitrogen and oxygen atoms in total. The fraction of sp³-hybridized carbons (Fsp3) is 0.308. The maximum atomic E-state index is 12.0. The third-order valence-corrected chi connectivity index (χ3v) is 2.85. The van der Waals surface area contributed by atoms with E-state index in [1.807, 2.05) is 32.0 Å². The second-order valence-corrected chi connectivity index (χ2v) is 4.08. The quantitative estimate of drug-likeness (QED) is 0.772. The SMILES string of the molecule is CNCC(=O)c1c(C)[nH]c2c(C)cccc12. The highest BCUT2D eigenvalue weighted by atomic mass is 16.1. The molecule has 0 atom stereocenters. The molecule has 2 rings (SSSR count). The van der Waals surface area contributed by atoms with Gasteiger partial charge in [-0.1, -0.05) is 18.2 Å². The van der Waals surface area contributed by atoms with Crippen molar-refractivity contribution in [1.82, 2.24) is 10.3 Å². The minimum absolute atomic E-state index is 0.136. The van der Waals surface area contributed by atoms with Crippen LogP contribution in [0, 0.1) is 13.8 Å². The Morgan fingerprint density at radius 2 is 2.12 bits per heavy atom. The van der Waals surface area contributed by atoms with Crippen molar-refractivity contribution in [3.05, 3.63) is 35.0 Å². The fourth-order valence-corrected chi connectivity index (χ4v) is 2.10. The van der Waals surface area contributed by atoms with Gasteiger partial charge in [-0.3, -0.25) is 4.79 Å². The van der Waals surface area contributed by atoms with Crippen LogP contribution in [0.1, 0.15) is 21.6 Å². The van der Waals surface area contributed by atoms with Gasteiger partial charge in [0.25, 0.3) is 0 Å². The number of fused-ring (bicyclic) bond motifs is 1. The van der Waals surface area contributed by atoms with Crippen LogP contribution in [-0.2, 0) is 0 Å². The van der Waals surface area contributed by atoms with Crippen molar-refractivity contribution in [2.24, 2.45) is 0 Å². The molecular formula is C13H16N2O. The number of rotatable bonds is 3. The number of likely N-dealkylation sites (N-methyl/N-ethyl adjacent to an activating group) is 1. The number of nitrogens with one attached hydrogen (secondary N) is 2. The van der Waals surface area contributed by atoms with E-state index in [1.165, 1.54) is 5.56 Å². The van der Waals surface area contributed by atoms with E-state index in [1.54, 1.807) is 7.05 Å². The van der Waals surface area contributed by atoms with E-state index in [2.05, 4.69) is 10.3 Å². The summed E-state index contributed by atoms with van der Waals surface area (Å²) in [5.74, 6) is 0.136. The number of hydrogen-bond acceptors (Lipinski definition) is 2. The number of carbonyl (C=O) groups excluding carboxylic acids is 1. The van der Waals surface area contributed by atoms with Gasteiger partial charge >= 0.3 is 0 Å². The van der Waals surface area contributed by atoms with Crippen molar-refractivity contribution in [3.8, 4) is 0 Å². The first-order valence-electron chi connectivity index (χ1n) is 5.41. The lowest BCUT2D eigenvalue weighted by molar-refractivity contribution is 0.0994. The third-order valence-electron chi connectivity index (χ3n) is 2.85. The number of H-pyrrole nitrogens is 1. The molecule has 0 amide bonds. The molecule has 1 heterocycles. The zero-order chi connectivity index (χ0) is 11.7. The van der Waals surface area contributed by atoms with Gasteiger partial charge in [-0.2, -0.15) is 0 Å². The summed E-state index contributed by atoms with van der Waals surface area (Å²) < 4.78 is 0. The highest BCUT2D eigenvalue weighted by Gasteiger charge is 2.15. The molecule has 0 aliphatic carbocycles. The first-order chi connectivity index (χ1) is 7.65. The standard InChI is InChI=1S/C13H16N2O/c1-8-5-4-6-10-12(11(16)7-14-3)9(2)15-13(8)10/h4-6,14-15H,7H2,1-3H3. The van der Waals surface area contributed by atoms with Crippen LogP contribution < -0.4 is 5.32 Å². The number of hydrogen-bond donors (Lipinski definition) is 2. The number of aromatic nitrogens is 1. The van der Waals surface area contributed by atoms with Gasteiger partial charge in [0, 0.05) is 22.2 Å². The first-order valence-corrected chi connectivity index (χ1v) is 5.41. The summed E-state index contributed by atoms with van der Waals surface area (Å²) in [4.78, 5) is 15.3. The number of aryl methyl sites for hydroxylation is 2. The summed E-state index contributed by atoms with van der Waals surface area (Å²) in [5.41, 5.74) is 4.00.